The highest BCUT2D eigenvalue weighted by Crippen LogP contribution is 2.56. The fourth-order valence-corrected chi connectivity index (χ4v) is 5.19. The van der Waals surface area contributed by atoms with Crippen molar-refractivity contribution >= 4 is 5.91 Å². The number of carbonyl (C=O) groups is 1. The molecule has 0 saturated heterocycles. The maximum absolute atomic E-state index is 12.6. The fourth-order valence-electron chi connectivity index (χ4n) is 5.19. The van der Waals surface area contributed by atoms with Gasteiger partial charge in [0, 0.05) is 19.1 Å². The Labute approximate surface area is 127 Å². The largest absolute Gasteiger partial charge is 0.351 e. The Hall–Kier alpha value is -0.610. The molecule has 4 heteroatoms. The summed E-state index contributed by atoms with van der Waals surface area (Å²) < 4.78 is 11.0. The second kappa shape index (κ2) is 6.66. The first kappa shape index (κ1) is 15.3. The Morgan fingerprint density at radius 1 is 1.00 bits per heavy atom. The second-order valence-electron chi connectivity index (χ2n) is 7.04. The van der Waals surface area contributed by atoms with Crippen molar-refractivity contribution in [1.82, 2.24) is 5.32 Å². The van der Waals surface area contributed by atoms with Gasteiger partial charge in [-0.05, 0) is 69.6 Å². The second-order valence-corrected chi connectivity index (χ2v) is 7.04. The highest BCUT2D eigenvalue weighted by Gasteiger charge is 2.50. The number of amides is 1. The maximum Gasteiger partial charge on any atom is 0.223 e. The fraction of sp³-hybridized carbons (Fsp3) is 0.941. The van der Waals surface area contributed by atoms with E-state index in [0.717, 1.165) is 11.8 Å². The summed E-state index contributed by atoms with van der Waals surface area (Å²) >= 11 is 0. The number of hydrogen-bond donors (Lipinski definition) is 1. The first-order chi connectivity index (χ1) is 10.2. The molecule has 0 aromatic rings. The highest BCUT2D eigenvalue weighted by atomic mass is 16.7. The van der Waals surface area contributed by atoms with Gasteiger partial charge in [-0.15, -0.1) is 0 Å². The van der Waals surface area contributed by atoms with E-state index in [1.54, 1.807) is 0 Å². The summed E-state index contributed by atoms with van der Waals surface area (Å²) in [4.78, 5) is 12.6. The van der Waals surface area contributed by atoms with Crippen LogP contribution in [0.1, 0.15) is 46.0 Å². The molecule has 0 heterocycles. The molecular formula is C17H29NO3. The van der Waals surface area contributed by atoms with Crippen molar-refractivity contribution in [3.8, 4) is 0 Å². The molecule has 0 radical (unpaired) electrons. The van der Waals surface area contributed by atoms with Crippen LogP contribution in [0.5, 0.6) is 0 Å². The molecule has 0 aliphatic heterocycles. The molecule has 0 atom stereocenters. The van der Waals surface area contributed by atoms with Crippen LogP contribution < -0.4 is 5.32 Å². The summed E-state index contributed by atoms with van der Waals surface area (Å²) in [5.41, 5.74) is 0. The third-order valence-corrected chi connectivity index (χ3v) is 5.68. The third kappa shape index (κ3) is 3.26. The maximum atomic E-state index is 12.6. The molecule has 4 aliphatic rings. The Kier molecular flexibility index (Phi) is 4.85. The number of rotatable bonds is 7. The van der Waals surface area contributed by atoms with E-state index in [1.165, 1.54) is 32.1 Å². The van der Waals surface area contributed by atoms with Crippen molar-refractivity contribution < 1.29 is 14.3 Å². The first-order valence-electron chi connectivity index (χ1n) is 8.72. The van der Waals surface area contributed by atoms with Crippen LogP contribution in [0.15, 0.2) is 0 Å². The van der Waals surface area contributed by atoms with Gasteiger partial charge in [0.15, 0.2) is 6.29 Å². The lowest BCUT2D eigenvalue weighted by atomic mass is 9.51. The monoisotopic (exact) mass is 295 g/mol. The van der Waals surface area contributed by atoms with E-state index in [4.69, 9.17) is 9.47 Å². The van der Waals surface area contributed by atoms with Gasteiger partial charge in [0.2, 0.25) is 5.91 Å². The summed E-state index contributed by atoms with van der Waals surface area (Å²) in [6.07, 6.45) is 6.26. The minimum Gasteiger partial charge on any atom is -0.351 e. The predicted octanol–water partition coefficient (Wildman–Crippen LogP) is 2.57. The van der Waals surface area contributed by atoms with Crippen LogP contribution in [0, 0.1) is 29.6 Å². The summed E-state index contributed by atoms with van der Waals surface area (Å²) in [6, 6.07) is 0. The number of nitrogens with one attached hydrogen (secondary N) is 1. The minimum absolute atomic E-state index is 0.244. The van der Waals surface area contributed by atoms with Crippen molar-refractivity contribution in [3.63, 3.8) is 0 Å². The molecule has 4 fully saturated rings. The number of hydrogen-bond acceptors (Lipinski definition) is 3. The van der Waals surface area contributed by atoms with Crippen LogP contribution in [0.2, 0.25) is 0 Å². The predicted molar refractivity (Wildman–Crippen MR) is 80.6 cm³/mol. The molecule has 4 saturated carbocycles. The van der Waals surface area contributed by atoms with Crippen molar-refractivity contribution in [2.45, 2.75) is 52.2 Å². The molecular weight excluding hydrogens is 266 g/mol. The zero-order chi connectivity index (χ0) is 14.8. The van der Waals surface area contributed by atoms with Gasteiger partial charge in [0.25, 0.3) is 0 Å². The summed E-state index contributed by atoms with van der Waals surface area (Å²) in [5, 5.41) is 3.09. The van der Waals surface area contributed by atoms with Gasteiger partial charge in [0.05, 0.1) is 6.54 Å². The molecule has 4 bridgehead atoms. The van der Waals surface area contributed by atoms with Gasteiger partial charge in [-0.3, -0.25) is 4.79 Å². The summed E-state index contributed by atoms with van der Waals surface area (Å²) in [7, 11) is 0. The van der Waals surface area contributed by atoms with Crippen LogP contribution in [0.3, 0.4) is 0 Å². The Balaban J connectivity index is 1.53. The topological polar surface area (TPSA) is 47.6 Å². The molecule has 0 spiro atoms. The van der Waals surface area contributed by atoms with Gasteiger partial charge >= 0.3 is 0 Å². The number of ether oxygens (including phenoxy) is 2. The van der Waals surface area contributed by atoms with E-state index < -0.39 is 0 Å². The average Bonchev–Trinajstić information content (AvgIpc) is 2.44. The van der Waals surface area contributed by atoms with Gasteiger partial charge in [-0.1, -0.05) is 0 Å². The van der Waals surface area contributed by atoms with Gasteiger partial charge < -0.3 is 14.8 Å². The van der Waals surface area contributed by atoms with Crippen LogP contribution >= 0.6 is 0 Å². The third-order valence-electron chi connectivity index (χ3n) is 5.68. The zero-order valence-electron chi connectivity index (χ0n) is 13.3. The standard InChI is InChI=1S/C17H29NO3/c1-3-20-15(21-4-2)10-18-17(19)16-13-6-11-5-12(8-13)9-14(16)7-11/h11-16H,3-10H2,1-2H3,(H,18,19). The molecule has 21 heavy (non-hydrogen) atoms. The molecule has 4 aliphatic carbocycles. The normalized spacial score (nSPS) is 37.2. The van der Waals surface area contributed by atoms with Crippen LogP contribution in [0.25, 0.3) is 0 Å². The van der Waals surface area contributed by atoms with Gasteiger partial charge in [-0.2, -0.15) is 0 Å². The SMILES string of the molecule is CCOC(CNC(=O)C1C2CC3CC(C2)CC1C3)OCC. The van der Waals surface area contributed by atoms with E-state index in [-0.39, 0.29) is 18.1 Å². The van der Waals surface area contributed by atoms with E-state index in [1.807, 2.05) is 13.8 Å². The minimum atomic E-state index is -0.305. The van der Waals surface area contributed by atoms with E-state index in [9.17, 15) is 4.79 Å². The van der Waals surface area contributed by atoms with Gasteiger partial charge in [0.1, 0.15) is 0 Å². The zero-order valence-corrected chi connectivity index (χ0v) is 13.3. The van der Waals surface area contributed by atoms with Crippen LogP contribution in [-0.2, 0) is 14.3 Å². The lowest BCUT2D eigenvalue weighted by Gasteiger charge is -2.53. The van der Waals surface area contributed by atoms with E-state index in [0.29, 0.717) is 31.6 Å². The quantitative estimate of drug-likeness (QED) is 0.734. The highest BCUT2D eigenvalue weighted by molar-refractivity contribution is 5.79. The average molecular weight is 295 g/mol. The lowest BCUT2D eigenvalue weighted by Crippen LogP contribution is -2.52. The molecule has 120 valence electrons. The smallest absolute Gasteiger partial charge is 0.223 e. The van der Waals surface area contributed by atoms with Crippen molar-refractivity contribution in [2.75, 3.05) is 19.8 Å². The molecule has 4 rings (SSSR count). The first-order valence-corrected chi connectivity index (χ1v) is 8.72. The number of carbonyl (C=O) groups excluding carboxylic acids is 1. The summed E-state index contributed by atoms with van der Waals surface area (Å²) in [5.74, 6) is 3.60. The summed E-state index contributed by atoms with van der Waals surface area (Å²) in [6.45, 7) is 5.59. The molecule has 0 unspecified atom stereocenters. The Bertz CT molecular complexity index is 337. The van der Waals surface area contributed by atoms with Crippen molar-refractivity contribution in [3.05, 3.63) is 0 Å². The van der Waals surface area contributed by atoms with Gasteiger partial charge in [-0.25, -0.2) is 0 Å². The molecule has 4 nitrogen and oxygen atoms in total. The lowest BCUT2D eigenvalue weighted by molar-refractivity contribution is -0.149. The van der Waals surface area contributed by atoms with Crippen molar-refractivity contribution in [1.29, 1.82) is 0 Å². The van der Waals surface area contributed by atoms with Crippen LogP contribution in [0.4, 0.5) is 0 Å². The molecule has 1 amide bonds. The van der Waals surface area contributed by atoms with E-state index >= 15 is 0 Å². The molecule has 0 aromatic carbocycles. The Morgan fingerprint density at radius 3 is 2.00 bits per heavy atom. The molecule has 1 N–H and O–H groups in total. The van der Waals surface area contributed by atoms with E-state index in [2.05, 4.69) is 5.32 Å². The Morgan fingerprint density at radius 2 is 1.52 bits per heavy atom. The molecule has 0 aromatic heterocycles. The van der Waals surface area contributed by atoms with Crippen molar-refractivity contribution in [2.24, 2.45) is 29.6 Å². The van der Waals surface area contributed by atoms with Crippen LogP contribution in [-0.4, -0.2) is 32.0 Å².